The van der Waals surface area contributed by atoms with E-state index in [1.54, 1.807) is 6.07 Å². The SMILES string of the molecule is CCCc1ccc(CCCC(NS(=O)(=O)c2ccc3oc4ccccc4c3c2)C(=O)O)cc1. The van der Waals surface area contributed by atoms with E-state index < -0.39 is 22.0 Å². The van der Waals surface area contributed by atoms with E-state index >= 15 is 0 Å². The molecule has 1 aromatic heterocycles. The number of nitrogens with one attached hydrogen (secondary N) is 1. The molecule has 4 rings (SSSR count). The van der Waals surface area contributed by atoms with Gasteiger partial charge in [0, 0.05) is 10.8 Å². The molecule has 0 aliphatic rings. The molecule has 2 N–H and O–H groups in total. The Morgan fingerprint density at radius 3 is 2.30 bits per heavy atom. The molecule has 0 amide bonds. The van der Waals surface area contributed by atoms with Crippen molar-refractivity contribution in [1.29, 1.82) is 0 Å². The summed E-state index contributed by atoms with van der Waals surface area (Å²) in [5, 5.41) is 11.1. The number of hydrogen-bond donors (Lipinski definition) is 2. The first kappa shape index (κ1) is 23.0. The van der Waals surface area contributed by atoms with Gasteiger partial charge in [-0.15, -0.1) is 0 Å². The highest BCUT2D eigenvalue weighted by Crippen LogP contribution is 2.30. The molecule has 0 radical (unpaired) electrons. The van der Waals surface area contributed by atoms with Crippen molar-refractivity contribution in [1.82, 2.24) is 4.72 Å². The van der Waals surface area contributed by atoms with Gasteiger partial charge in [-0.1, -0.05) is 55.8 Å². The Balaban J connectivity index is 1.46. The van der Waals surface area contributed by atoms with Crippen molar-refractivity contribution in [3.8, 4) is 0 Å². The number of carboxylic acid groups (broad SMARTS) is 1. The van der Waals surface area contributed by atoms with E-state index in [1.165, 1.54) is 17.7 Å². The maximum Gasteiger partial charge on any atom is 0.321 e. The number of rotatable bonds is 10. The van der Waals surface area contributed by atoms with Crippen LogP contribution >= 0.6 is 0 Å². The highest BCUT2D eigenvalue weighted by atomic mass is 32.2. The summed E-state index contributed by atoms with van der Waals surface area (Å²) in [7, 11) is -4.02. The minimum Gasteiger partial charge on any atom is -0.480 e. The third kappa shape index (κ3) is 5.26. The van der Waals surface area contributed by atoms with Gasteiger partial charge in [-0.3, -0.25) is 4.79 Å². The van der Waals surface area contributed by atoms with Crippen molar-refractivity contribution in [2.75, 3.05) is 0 Å². The van der Waals surface area contributed by atoms with Crippen LogP contribution < -0.4 is 4.72 Å². The molecule has 0 fully saturated rings. The summed E-state index contributed by atoms with van der Waals surface area (Å²) in [5.41, 5.74) is 3.63. The maximum absolute atomic E-state index is 13.0. The summed E-state index contributed by atoms with van der Waals surface area (Å²) in [6.45, 7) is 2.14. The van der Waals surface area contributed by atoms with Crippen LogP contribution in [0.2, 0.25) is 0 Å². The molecule has 4 aromatic rings. The lowest BCUT2D eigenvalue weighted by atomic mass is 10.0. The standard InChI is InChI=1S/C26H27NO5S/c1-2-6-18-11-13-19(14-12-18)7-5-9-23(26(28)29)27-33(30,31)20-15-16-25-22(17-20)21-8-3-4-10-24(21)32-25/h3-4,8,10-17,23,27H,2,5-7,9H2,1H3,(H,28,29). The van der Waals surface area contributed by atoms with Gasteiger partial charge in [-0.25, -0.2) is 8.42 Å². The van der Waals surface area contributed by atoms with Crippen molar-refractivity contribution in [2.45, 2.75) is 50.0 Å². The molecule has 1 unspecified atom stereocenters. The van der Waals surface area contributed by atoms with Crippen molar-refractivity contribution in [3.05, 3.63) is 77.9 Å². The zero-order chi connectivity index (χ0) is 23.4. The predicted molar refractivity (Wildman–Crippen MR) is 129 cm³/mol. The molecule has 6 nitrogen and oxygen atoms in total. The van der Waals surface area contributed by atoms with Crippen LogP contribution in [0.15, 0.2) is 76.0 Å². The quantitative estimate of drug-likeness (QED) is 0.332. The van der Waals surface area contributed by atoms with Crippen molar-refractivity contribution in [3.63, 3.8) is 0 Å². The fourth-order valence-electron chi connectivity index (χ4n) is 4.03. The minimum absolute atomic E-state index is 0.0133. The molecule has 1 atom stereocenters. The molecule has 0 spiro atoms. The van der Waals surface area contributed by atoms with Crippen LogP contribution in [0, 0.1) is 0 Å². The van der Waals surface area contributed by atoms with E-state index in [9.17, 15) is 18.3 Å². The number of para-hydroxylation sites is 1. The first-order valence-corrected chi connectivity index (χ1v) is 12.6. The number of benzene rings is 3. The Hall–Kier alpha value is -3.16. The van der Waals surface area contributed by atoms with Crippen LogP contribution in [-0.2, 0) is 27.7 Å². The lowest BCUT2D eigenvalue weighted by Gasteiger charge is -2.15. The van der Waals surface area contributed by atoms with Crippen LogP contribution in [0.3, 0.4) is 0 Å². The van der Waals surface area contributed by atoms with Gasteiger partial charge < -0.3 is 9.52 Å². The largest absolute Gasteiger partial charge is 0.480 e. The summed E-state index contributed by atoms with van der Waals surface area (Å²) in [4.78, 5) is 11.8. The highest BCUT2D eigenvalue weighted by molar-refractivity contribution is 7.89. The van der Waals surface area contributed by atoms with Gasteiger partial charge >= 0.3 is 5.97 Å². The first-order valence-electron chi connectivity index (χ1n) is 11.1. The van der Waals surface area contributed by atoms with Gasteiger partial charge in [-0.2, -0.15) is 4.72 Å². The van der Waals surface area contributed by atoms with E-state index in [1.807, 2.05) is 24.3 Å². The number of fused-ring (bicyclic) bond motifs is 3. The first-order chi connectivity index (χ1) is 15.9. The highest BCUT2D eigenvalue weighted by Gasteiger charge is 2.25. The number of furan rings is 1. The Kier molecular flexibility index (Phi) is 6.81. The van der Waals surface area contributed by atoms with Gasteiger partial charge in [-0.05, 0) is 61.1 Å². The predicted octanol–water partition coefficient (Wildman–Crippen LogP) is 5.29. The molecular formula is C26H27NO5S. The lowest BCUT2D eigenvalue weighted by molar-refractivity contribution is -0.139. The Morgan fingerprint density at radius 1 is 0.939 bits per heavy atom. The monoisotopic (exact) mass is 465 g/mol. The summed E-state index contributed by atoms with van der Waals surface area (Å²) in [6.07, 6.45) is 3.55. The average Bonchev–Trinajstić information content (AvgIpc) is 3.17. The van der Waals surface area contributed by atoms with Crippen molar-refractivity contribution in [2.24, 2.45) is 0 Å². The van der Waals surface area contributed by atoms with E-state index in [4.69, 9.17) is 4.42 Å². The smallest absolute Gasteiger partial charge is 0.321 e. The number of aryl methyl sites for hydroxylation is 2. The second-order valence-corrected chi connectivity index (χ2v) is 9.94. The second-order valence-electron chi connectivity index (χ2n) is 8.23. The molecule has 0 bridgehead atoms. The lowest BCUT2D eigenvalue weighted by Crippen LogP contribution is -2.40. The molecule has 0 saturated carbocycles. The fraction of sp³-hybridized carbons (Fsp3) is 0.269. The third-order valence-corrected chi connectivity index (χ3v) is 7.24. The number of carboxylic acids is 1. The zero-order valence-corrected chi connectivity index (χ0v) is 19.3. The van der Waals surface area contributed by atoms with Crippen LogP contribution in [0.1, 0.15) is 37.3 Å². The molecule has 0 aliphatic heterocycles. The Labute approximate surface area is 193 Å². The van der Waals surface area contributed by atoms with Crippen molar-refractivity contribution < 1.29 is 22.7 Å². The van der Waals surface area contributed by atoms with Crippen LogP contribution in [-0.4, -0.2) is 25.5 Å². The summed E-state index contributed by atoms with van der Waals surface area (Å²) in [6, 6.07) is 19.0. The van der Waals surface area contributed by atoms with E-state index in [0.717, 1.165) is 23.8 Å². The summed E-state index contributed by atoms with van der Waals surface area (Å²) >= 11 is 0. The van der Waals surface area contributed by atoms with Crippen LogP contribution in [0.5, 0.6) is 0 Å². The Morgan fingerprint density at radius 2 is 1.61 bits per heavy atom. The van der Waals surface area contributed by atoms with E-state index in [2.05, 4.69) is 35.9 Å². The molecule has 7 heteroatoms. The van der Waals surface area contributed by atoms with E-state index in [0.29, 0.717) is 29.4 Å². The van der Waals surface area contributed by atoms with Gasteiger partial charge in [0.2, 0.25) is 10.0 Å². The maximum atomic E-state index is 13.0. The molecule has 3 aromatic carbocycles. The zero-order valence-electron chi connectivity index (χ0n) is 18.5. The summed E-state index contributed by atoms with van der Waals surface area (Å²) < 4.78 is 34.1. The molecule has 0 aliphatic carbocycles. The van der Waals surface area contributed by atoms with Gasteiger partial charge in [0.1, 0.15) is 17.2 Å². The molecule has 33 heavy (non-hydrogen) atoms. The molecular weight excluding hydrogens is 438 g/mol. The van der Waals surface area contributed by atoms with E-state index in [-0.39, 0.29) is 11.3 Å². The normalized spacial score (nSPS) is 12.9. The molecule has 172 valence electrons. The van der Waals surface area contributed by atoms with Crippen LogP contribution in [0.25, 0.3) is 21.9 Å². The fourth-order valence-corrected chi connectivity index (χ4v) is 5.28. The van der Waals surface area contributed by atoms with Crippen LogP contribution in [0.4, 0.5) is 0 Å². The van der Waals surface area contributed by atoms with Crippen molar-refractivity contribution >= 4 is 37.9 Å². The van der Waals surface area contributed by atoms with Gasteiger partial charge in [0.15, 0.2) is 0 Å². The number of aliphatic carboxylic acids is 1. The number of hydrogen-bond acceptors (Lipinski definition) is 4. The third-order valence-electron chi connectivity index (χ3n) is 5.77. The molecule has 0 saturated heterocycles. The minimum atomic E-state index is -4.02. The topological polar surface area (TPSA) is 96.6 Å². The number of carbonyl (C=O) groups is 1. The Bertz CT molecular complexity index is 1370. The van der Waals surface area contributed by atoms with Gasteiger partial charge in [0.05, 0.1) is 4.90 Å². The molecule has 1 heterocycles. The average molecular weight is 466 g/mol. The van der Waals surface area contributed by atoms with Gasteiger partial charge in [0.25, 0.3) is 0 Å². The number of sulfonamides is 1. The summed E-state index contributed by atoms with van der Waals surface area (Å²) in [5.74, 6) is -1.19. The second kappa shape index (κ2) is 9.77.